The van der Waals surface area contributed by atoms with Gasteiger partial charge in [-0.3, -0.25) is 4.90 Å². The van der Waals surface area contributed by atoms with Gasteiger partial charge >= 0.3 is 3.18 Å². The maximum absolute atomic E-state index is 12.7. The van der Waals surface area contributed by atoms with E-state index in [-0.39, 0.29) is 3.18 Å². The highest BCUT2D eigenvalue weighted by molar-refractivity contribution is 9.69. The van der Waals surface area contributed by atoms with E-state index in [4.69, 9.17) is 0 Å². The number of piperazine rings is 1. The van der Waals surface area contributed by atoms with Gasteiger partial charge in [-0.15, -0.1) is 47.3 Å². The number of sulfonamides is 1. The van der Waals surface area contributed by atoms with Gasteiger partial charge in [0.2, 0.25) is 10.0 Å². The number of hydrogen-bond acceptors (Lipinski definition) is 4. The molecule has 1 saturated heterocycles. The Labute approximate surface area is 204 Å². The van der Waals surface area contributed by atoms with Gasteiger partial charge in [-0.2, -0.15) is 4.31 Å². The highest BCUT2D eigenvalue weighted by Crippen LogP contribution is 2.25. The van der Waals surface area contributed by atoms with Crippen molar-refractivity contribution < 1.29 is 13.5 Å². The lowest BCUT2D eigenvalue weighted by molar-refractivity contribution is 0.180. The van der Waals surface area contributed by atoms with Crippen molar-refractivity contribution in [3.63, 3.8) is 0 Å². The minimum atomic E-state index is -3.43. The number of halogens is 3. The monoisotopic (exact) mass is 622 g/mol. The summed E-state index contributed by atoms with van der Waals surface area (Å²) in [6.45, 7) is 7.11. The summed E-state index contributed by atoms with van der Waals surface area (Å²) >= 11 is 9.31. The second-order valence-electron chi connectivity index (χ2n) is 7.28. The highest BCUT2D eigenvalue weighted by Gasteiger charge is 2.28. The summed E-state index contributed by atoms with van der Waals surface area (Å²) in [5, 5.41) is 10.1. The molecule has 1 aliphatic rings. The van der Waals surface area contributed by atoms with Crippen LogP contribution in [0.4, 0.5) is 0 Å². The van der Waals surface area contributed by atoms with Crippen LogP contribution in [0.5, 0.6) is 5.75 Å². The fourth-order valence-corrected chi connectivity index (χ4v) is 4.64. The molecule has 0 aliphatic carbocycles. The first-order valence-electron chi connectivity index (χ1n) is 9.63. The number of benzene rings is 2. The zero-order valence-corrected chi connectivity index (χ0v) is 22.6. The van der Waals surface area contributed by atoms with Crippen molar-refractivity contribution in [2.75, 3.05) is 26.2 Å². The number of hydrogen-bond donors (Lipinski definition) is 1. The molecule has 0 amide bonds. The van der Waals surface area contributed by atoms with Gasteiger partial charge in [0.15, 0.2) is 0 Å². The number of nitrogens with zero attached hydrogens (tertiary/aromatic N) is 2. The summed E-state index contributed by atoms with van der Waals surface area (Å²) in [7, 11) is -3.43. The SMILES string of the molecule is BrB(Br)Br.CC(C)c1ccc(O)c(CN2CCN(S(=O)(=O)c3ccccc3)CC2)c1. The van der Waals surface area contributed by atoms with Gasteiger partial charge in [0.05, 0.1) is 4.90 Å². The average Bonchev–Trinajstić information content (AvgIpc) is 2.70. The minimum absolute atomic E-state index is 0.271. The molecule has 1 heterocycles. The minimum Gasteiger partial charge on any atom is -0.508 e. The van der Waals surface area contributed by atoms with Crippen molar-refractivity contribution in [3.05, 3.63) is 59.7 Å². The van der Waals surface area contributed by atoms with E-state index >= 15 is 0 Å². The molecular formula is C20H26BBr3N2O3S. The van der Waals surface area contributed by atoms with Gasteiger partial charge in [0.25, 0.3) is 0 Å². The third-order valence-electron chi connectivity index (χ3n) is 4.88. The quantitative estimate of drug-likeness (QED) is 0.466. The highest BCUT2D eigenvalue weighted by atomic mass is 79.9. The molecule has 0 atom stereocenters. The molecule has 2 aromatic carbocycles. The second-order valence-corrected chi connectivity index (χ2v) is 15.7. The van der Waals surface area contributed by atoms with Crippen molar-refractivity contribution >= 4 is 60.5 Å². The van der Waals surface area contributed by atoms with Crippen LogP contribution in [-0.4, -0.2) is 52.1 Å². The Morgan fingerprint density at radius 1 is 1.00 bits per heavy atom. The van der Waals surface area contributed by atoms with E-state index in [0.29, 0.717) is 49.3 Å². The molecule has 0 spiro atoms. The number of phenolic OH excluding ortho intramolecular Hbond substituents is 1. The lowest BCUT2D eigenvalue weighted by Gasteiger charge is -2.34. The molecule has 10 heteroatoms. The summed E-state index contributed by atoms with van der Waals surface area (Å²) in [5.74, 6) is 0.705. The molecule has 3 rings (SSSR count). The van der Waals surface area contributed by atoms with Gasteiger partial charge in [-0.05, 0) is 29.7 Å². The first-order valence-corrected chi connectivity index (χ1v) is 13.8. The maximum Gasteiger partial charge on any atom is 0.369 e. The molecule has 1 fully saturated rings. The van der Waals surface area contributed by atoms with Crippen LogP contribution >= 0.6 is 47.3 Å². The van der Waals surface area contributed by atoms with E-state index in [9.17, 15) is 13.5 Å². The van der Waals surface area contributed by atoms with Gasteiger partial charge in [-0.25, -0.2) is 8.42 Å². The Balaban J connectivity index is 0.000000735. The lowest BCUT2D eigenvalue weighted by Crippen LogP contribution is -2.48. The van der Waals surface area contributed by atoms with Gasteiger partial charge in [0.1, 0.15) is 5.75 Å². The number of phenols is 1. The molecule has 0 unspecified atom stereocenters. The fraction of sp³-hybridized carbons (Fsp3) is 0.400. The van der Waals surface area contributed by atoms with Crippen LogP contribution in [0.15, 0.2) is 53.4 Å². The van der Waals surface area contributed by atoms with E-state index in [0.717, 1.165) is 5.56 Å². The van der Waals surface area contributed by atoms with E-state index in [1.54, 1.807) is 34.6 Å². The molecule has 2 aromatic rings. The molecule has 0 radical (unpaired) electrons. The van der Waals surface area contributed by atoms with E-state index in [1.807, 2.05) is 18.2 Å². The Morgan fingerprint density at radius 2 is 1.57 bits per heavy atom. The molecule has 1 aliphatic heterocycles. The van der Waals surface area contributed by atoms with Gasteiger partial charge in [0, 0.05) is 38.3 Å². The first-order chi connectivity index (χ1) is 14.1. The normalized spacial score (nSPS) is 15.5. The zero-order valence-electron chi connectivity index (χ0n) is 17.0. The average molecular weight is 625 g/mol. The Bertz CT molecular complexity index is 904. The smallest absolute Gasteiger partial charge is 0.369 e. The summed E-state index contributed by atoms with van der Waals surface area (Å²) in [5.41, 5.74) is 2.10. The van der Waals surface area contributed by atoms with E-state index < -0.39 is 10.0 Å². The van der Waals surface area contributed by atoms with Crippen LogP contribution in [-0.2, 0) is 16.6 Å². The molecule has 1 N–H and O–H groups in total. The largest absolute Gasteiger partial charge is 0.508 e. The van der Waals surface area contributed by atoms with E-state index in [2.05, 4.69) is 66.0 Å². The van der Waals surface area contributed by atoms with Gasteiger partial charge in [-0.1, -0.05) is 44.2 Å². The van der Waals surface area contributed by atoms with Crippen molar-refractivity contribution in [2.45, 2.75) is 31.2 Å². The molecule has 164 valence electrons. The summed E-state index contributed by atoms with van der Waals surface area (Å²) in [6.07, 6.45) is 0. The van der Waals surface area contributed by atoms with Gasteiger partial charge < -0.3 is 5.11 Å². The third-order valence-corrected chi connectivity index (χ3v) is 6.79. The Hall–Kier alpha value is -0.385. The van der Waals surface area contributed by atoms with E-state index in [1.165, 1.54) is 5.56 Å². The zero-order chi connectivity index (χ0) is 22.3. The molecular weight excluding hydrogens is 599 g/mol. The van der Waals surface area contributed by atoms with Crippen LogP contribution < -0.4 is 0 Å². The Kier molecular flexibility index (Phi) is 10.4. The van der Waals surface area contributed by atoms with Crippen molar-refractivity contribution in [1.29, 1.82) is 0 Å². The number of aromatic hydroxyl groups is 1. The predicted octanol–water partition coefficient (Wildman–Crippen LogP) is 5.18. The molecule has 30 heavy (non-hydrogen) atoms. The predicted molar refractivity (Wildman–Crippen MR) is 135 cm³/mol. The van der Waals surface area contributed by atoms with Crippen LogP contribution in [0.2, 0.25) is 0 Å². The van der Waals surface area contributed by atoms with Crippen LogP contribution in [0.25, 0.3) is 0 Å². The van der Waals surface area contributed by atoms with Crippen molar-refractivity contribution in [1.82, 2.24) is 9.21 Å². The molecule has 0 bridgehead atoms. The molecule has 5 nitrogen and oxygen atoms in total. The van der Waals surface area contributed by atoms with Crippen molar-refractivity contribution in [3.8, 4) is 5.75 Å². The standard InChI is InChI=1S/C20H26N2O3S.BBr3/c1-16(2)17-8-9-20(23)18(14-17)15-21-10-12-22(13-11-21)26(24,25)19-6-4-3-5-7-19;2-1(3)4/h3-9,14,16,23H,10-13,15H2,1-2H3;. The summed E-state index contributed by atoms with van der Waals surface area (Å²) in [6, 6.07) is 14.3. The lowest BCUT2D eigenvalue weighted by atomic mass is 10.00. The van der Waals surface area contributed by atoms with Crippen LogP contribution in [0, 0.1) is 0 Å². The molecule has 0 aromatic heterocycles. The molecule has 0 saturated carbocycles. The Morgan fingerprint density at radius 3 is 2.10 bits per heavy atom. The van der Waals surface area contributed by atoms with Crippen molar-refractivity contribution in [2.24, 2.45) is 0 Å². The fourth-order valence-electron chi connectivity index (χ4n) is 3.20. The van der Waals surface area contributed by atoms with Crippen LogP contribution in [0.1, 0.15) is 30.9 Å². The third kappa shape index (κ3) is 7.64. The second kappa shape index (κ2) is 12.0. The number of rotatable bonds is 5. The first kappa shape index (κ1) is 25.9. The van der Waals surface area contributed by atoms with Crippen LogP contribution in [0.3, 0.4) is 0 Å². The maximum atomic E-state index is 12.7. The summed E-state index contributed by atoms with van der Waals surface area (Å²) in [4.78, 5) is 2.53. The topological polar surface area (TPSA) is 60.9 Å². The summed E-state index contributed by atoms with van der Waals surface area (Å²) < 4.78 is 27.2.